The Morgan fingerprint density at radius 2 is 2.25 bits per heavy atom. The maximum absolute atomic E-state index is 13.7. The van der Waals surface area contributed by atoms with Crippen molar-refractivity contribution in [1.29, 1.82) is 0 Å². The van der Waals surface area contributed by atoms with E-state index in [9.17, 15) is 4.39 Å². The minimum atomic E-state index is -0.468. The van der Waals surface area contributed by atoms with Gasteiger partial charge in [0, 0.05) is 29.2 Å². The lowest BCUT2D eigenvalue weighted by molar-refractivity contribution is 0.354. The van der Waals surface area contributed by atoms with Crippen LogP contribution in [-0.4, -0.2) is 11.6 Å². The fourth-order valence-electron chi connectivity index (χ4n) is 2.20. The molecule has 1 aromatic heterocycles. The van der Waals surface area contributed by atoms with Gasteiger partial charge in [-0.3, -0.25) is 0 Å². The highest BCUT2D eigenvalue weighted by atomic mass is 79.9. The van der Waals surface area contributed by atoms with Crippen LogP contribution in [0.2, 0.25) is 5.02 Å². The van der Waals surface area contributed by atoms with Crippen LogP contribution in [0.5, 0.6) is 5.75 Å². The Morgan fingerprint density at radius 1 is 1.40 bits per heavy atom. The van der Waals surface area contributed by atoms with E-state index < -0.39 is 5.82 Å². The number of ether oxygens (including phenoxy) is 1. The Balaban J connectivity index is 1.82. The molecule has 0 amide bonds. The van der Waals surface area contributed by atoms with Crippen LogP contribution in [0.4, 0.5) is 10.2 Å². The summed E-state index contributed by atoms with van der Waals surface area (Å²) in [5.41, 5.74) is 2.14. The van der Waals surface area contributed by atoms with Crippen molar-refractivity contribution in [3.63, 3.8) is 0 Å². The minimum absolute atomic E-state index is 0.182. The van der Waals surface area contributed by atoms with E-state index in [0.29, 0.717) is 13.2 Å². The van der Waals surface area contributed by atoms with Crippen molar-refractivity contribution >= 4 is 33.3 Å². The molecule has 1 aliphatic rings. The second-order valence-electron chi connectivity index (χ2n) is 4.49. The average molecular weight is 358 g/mol. The van der Waals surface area contributed by atoms with Crippen LogP contribution in [-0.2, 0) is 13.0 Å². The molecule has 0 radical (unpaired) electrons. The SMILES string of the molecule is Fc1cc(Cl)cnc1NCc1cc(Br)cc2c1OCC2. The highest BCUT2D eigenvalue weighted by molar-refractivity contribution is 9.10. The number of aromatic nitrogens is 1. The number of nitrogens with zero attached hydrogens (tertiary/aromatic N) is 1. The molecule has 0 fully saturated rings. The summed E-state index contributed by atoms with van der Waals surface area (Å²) in [5.74, 6) is 0.598. The molecular formula is C14H11BrClFN2O. The molecule has 3 nitrogen and oxygen atoms in total. The van der Waals surface area contributed by atoms with Gasteiger partial charge in [-0.2, -0.15) is 0 Å². The molecule has 2 aromatic rings. The summed E-state index contributed by atoms with van der Waals surface area (Å²) in [6.45, 7) is 1.12. The van der Waals surface area contributed by atoms with Gasteiger partial charge in [0.25, 0.3) is 0 Å². The molecule has 1 N–H and O–H groups in total. The number of nitrogens with one attached hydrogen (secondary N) is 1. The molecule has 0 atom stereocenters. The molecule has 0 unspecified atom stereocenters. The van der Waals surface area contributed by atoms with Crippen molar-refractivity contribution < 1.29 is 9.13 Å². The predicted octanol–water partition coefficient (Wildman–Crippen LogP) is 4.18. The summed E-state index contributed by atoms with van der Waals surface area (Å²) < 4.78 is 20.3. The van der Waals surface area contributed by atoms with E-state index in [1.807, 2.05) is 12.1 Å². The third-order valence-corrected chi connectivity index (χ3v) is 3.74. The number of anilines is 1. The van der Waals surface area contributed by atoms with Gasteiger partial charge >= 0.3 is 0 Å². The molecule has 0 bridgehead atoms. The number of fused-ring (bicyclic) bond motifs is 1. The lowest BCUT2D eigenvalue weighted by Gasteiger charge is -2.11. The Morgan fingerprint density at radius 3 is 3.05 bits per heavy atom. The smallest absolute Gasteiger partial charge is 0.166 e. The molecule has 0 spiro atoms. The van der Waals surface area contributed by atoms with Gasteiger partial charge in [0.2, 0.25) is 0 Å². The second kappa shape index (κ2) is 5.58. The van der Waals surface area contributed by atoms with Gasteiger partial charge in [0.05, 0.1) is 11.6 Å². The van der Waals surface area contributed by atoms with E-state index in [0.717, 1.165) is 22.2 Å². The number of hydrogen-bond acceptors (Lipinski definition) is 3. The molecule has 3 rings (SSSR count). The Bertz CT molecular complexity index is 666. The molecule has 104 valence electrons. The zero-order valence-corrected chi connectivity index (χ0v) is 12.8. The van der Waals surface area contributed by atoms with E-state index in [-0.39, 0.29) is 10.8 Å². The third-order valence-electron chi connectivity index (χ3n) is 3.08. The largest absolute Gasteiger partial charge is 0.493 e. The lowest BCUT2D eigenvalue weighted by atomic mass is 10.1. The number of benzene rings is 1. The number of hydrogen-bond donors (Lipinski definition) is 1. The second-order valence-corrected chi connectivity index (χ2v) is 5.84. The number of halogens is 3. The Kier molecular flexibility index (Phi) is 3.81. The minimum Gasteiger partial charge on any atom is -0.493 e. The van der Waals surface area contributed by atoms with Crippen LogP contribution in [0.25, 0.3) is 0 Å². The first kappa shape index (κ1) is 13.6. The van der Waals surface area contributed by atoms with Crippen LogP contribution < -0.4 is 10.1 Å². The van der Waals surface area contributed by atoms with Crippen LogP contribution in [0.15, 0.2) is 28.9 Å². The van der Waals surface area contributed by atoms with Gasteiger partial charge < -0.3 is 10.1 Å². The maximum Gasteiger partial charge on any atom is 0.166 e. The van der Waals surface area contributed by atoms with Gasteiger partial charge in [-0.05, 0) is 23.8 Å². The Labute approximate surface area is 129 Å². The summed E-state index contributed by atoms with van der Waals surface area (Å²) in [5, 5.41) is 3.25. The van der Waals surface area contributed by atoms with Gasteiger partial charge in [-0.25, -0.2) is 9.37 Å². The Hall–Kier alpha value is -1.33. The van der Waals surface area contributed by atoms with Crippen molar-refractivity contribution in [2.45, 2.75) is 13.0 Å². The zero-order valence-electron chi connectivity index (χ0n) is 10.4. The molecule has 2 heterocycles. The number of rotatable bonds is 3. The van der Waals surface area contributed by atoms with Gasteiger partial charge in [0.1, 0.15) is 5.75 Å². The van der Waals surface area contributed by atoms with E-state index in [1.165, 1.54) is 17.8 Å². The normalized spacial score (nSPS) is 12.9. The maximum atomic E-state index is 13.7. The first-order valence-electron chi connectivity index (χ1n) is 6.12. The first-order chi connectivity index (χ1) is 9.63. The van der Waals surface area contributed by atoms with E-state index in [2.05, 4.69) is 26.2 Å². The van der Waals surface area contributed by atoms with Crippen LogP contribution in [0.1, 0.15) is 11.1 Å². The highest BCUT2D eigenvalue weighted by Crippen LogP contribution is 2.33. The van der Waals surface area contributed by atoms with E-state index >= 15 is 0 Å². The molecule has 0 saturated heterocycles. The third kappa shape index (κ3) is 2.74. The molecule has 6 heteroatoms. The quantitative estimate of drug-likeness (QED) is 0.894. The topological polar surface area (TPSA) is 34.2 Å². The van der Waals surface area contributed by atoms with Crippen molar-refractivity contribution in [3.8, 4) is 5.75 Å². The summed E-state index contributed by atoms with van der Waals surface area (Å²) in [6, 6.07) is 5.25. The van der Waals surface area contributed by atoms with Crippen LogP contribution >= 0.6 is 27.5 Å². The fraction of sp³-hybridized carbons (Fsp3) is 0.214. The van der Waals surface area contributed by atoms with Crippen molar-refractivity contribution in [2.24, 2.45) is 0 Å². The highest BCUT2D eigenvalue weighted by Gasteiger charge is 2.17. The standard InChI is InChI=1S/C14H11BrClFN2O/c15-10-3-8-1-2-20-13(8)9(4-10)6-18-14-12(17)5-11(16)7-19-14/h3-5,7H,1-2,6H2,(H,18,19). The summed E-state index contributed by atoms with van der Waals surface area (Å²) >= 11 is 9.15. The summed E-state index contributed by atoms with van der Waals surface area (Å²) in [4.78, 5) is 3.94. The lowest BCUT2D eigenvalue weighted by Crippen LogP contribution is -2.05. The molecular weight excluding hydrogens is 347 g/mol. The molecule has 1 aliphatic heterocycles. The van der Waals surface area contributed by atoms with Gasteiger partial charge in [0.15, 0.2) is 11.6 Å². The first-order valence-corrected chi connectivity index (χ1v) is 7.29. The average Bonchev–Trinajstić information content (AvgIpc) is 2.85. The molecule has 20 heavy (non-hydrogen) atoms. The zero-order chi connectivity index (χ0) is 14.1. The monoisotopic (exact) mass is 356 g/mol. The van der Waals surface area contributed by atoms with Crippen molar-refractivity contribution in [2.75, 3.05) is 11.9 Å². The van der Waals surface area contributed by atoms with Crippen LogP contribution in [0, 0.1) is 5.82 Å². The summed E-state index contributed by atoms with van der Waals surface area (Å²) in [6.07, 6.45) is 2.31. The summed E-state index contributed by atoms with van der Waals surface area (Å²) in [7, 11) is 0. The van der Waals surface area contributed by atoms with Gasteiger partial charge in [-0.1, -0.05) is 27.5 Å². The van der Waals surface area contributed by atoms with E-state index in [1.54, 1.807) is 0 Å². The molecule has 0 aliphatic carbocycles. The van der Waals surface area contributed by atoms with Crippen molar-refractivity contribution in [1.82, 2.24) is 4.98 Å². The van der Waals surface area contributed by atoms with Gasteiger partial charge in [-0.15, -0.1) is 0 Å². The molecule has 0 saturated carbocycles. The van der Waals surface area contributed by atoms with Crippen molar-refractivity contribution in [3.05, 3.63) is 50.8 Å². The predicted molar refractivity (Wildman–Crippen MR) is 79.9 cm³/mol. The molecule has 1 aromatic carbocycles. The van der Waals surface area contributed by atoms with Crippen LogP contribution in [0.3, 0.4) is 0 Å². The number of pyridine rings is 1. The fourth-order valence-corrected chi connectivity index (χ4v) is 2.90. The van der Waals surface area contributed by atoms with E-state index in [4.69, 9.17) is 16.3 Å².